The van der Waals surface area contributed by atoms with E-state index in [1.165, 1.54) is 21.8 Å². The van der Waals surface area contributed by atoms with Crippen LogP contribution in [-0.4, -0.2) is 50.3 Å². The molecule has 0 aliphatic heterocycles. The molecule has 1 aromatic heterocycles. The van der Waals surface area contributed by atoms with Crippen LogP contribution in [0.4, 0.5) is 5.82 Å². The zero-order chi connectivity index (χ0) is 12.8. The minimum absolute atomic E-state index is 0.0678. The van der Waals surface area contributed by atoms with E-state index in [1.807, 2.05) is 0 Å². The Kier molecular flexibility index (Phi) is 4.58. The maximum Gasteiger partial charge on any atom is 0.389 e. The number of aliphatic hydroxyl groups is 1. The van der Waals surface area contributed by atoms with Crippen LogP contribution in [0.3, 0.4) is 0 Å². The number of hydrogen-bond acceptors (Lipinski definition) is 5. The van der Waals surface area contributed by atoms with Gasteiger partial charge in [0, 0.05) is 13.1 Å². The molecule has 8 nitrogen and oxygen atoms in total. The summed E-state index contributed by atoms with van der Waals surface area (Å²) in [5, 5.41) is 22.8. The Morgan fingerprint density at radius 3 is 2.88 bits per heavy atom. The first-order valence-electron chi connectivity index (χ1n) is 5.15. The van der Waals surface area contributed by atoms with Crippen molar-refractivity contribution >= 4 is 11.7 Å². The van der Waals surface area contributed by atoms with E-state index in [0.717, 1.165) is 0 Å². The molecule has 1 aromatic rings. The predicted molar refractivity (Wildman–Crippen MR) is 58.2 cm³/mol. The minimum Gasteiger partial charge on any atom is -0.395 e. The minimum atomic E-state index is -0.619. The fourth-order valence-electron chi connectivity index (χ4n) is 1.35. The van der Waals surface area contributed by atoms with Gasteiger partial charge in [-0.3, -0.25) is 4.79 Å². The summed E-state index contributed by atoms with van der Waals surface area (Å²) in [5.74, 6) is -0.525. The molecule has 0 fully saturated rings. The molecule has 0 aliphatic carbocycles. The molecule has 0 bridgehead atoms. The molecule has 0 atom stereocenters. The van der Waals surface area contributed by atoms with Crippen LogP contribution in [0.25, 0.3) is 0 Å². The highest BCUT2D eigenvalue weighted by molar-refractivity contribution is 5.75. The van der Waals surface area contributed by atoms with Gasteiger partial charge in [-0.25, -0.2) is 0 Å². The molecule has 17 heavy (non-hydrogen) atoms. The van der Waals surface area contributed by atoms with Crippen molar-refractivity contribution in [2.24, 2.45) is 0 Å². The molecule has 1 rings (SSSR count). The van der Waals surface area contributed by atoms with Crippen LogP contribution in [0.1, 0.15) is 6.92 Å². The highest BCUT2D eigenvalue weighted by Gasteiger charge is 2.16. The molecule has 1 N–H and O–H groups in total. The Morgan fingerprint density at radius 2 is 2.41 bits per heavy atom. The first-order chi connectivity index (χ1) is 8.08. The number of aromatic nitrogens is 2. The Balaban J connectivity index is 2.63. The van der Waals surface area contributed by atoms with E-state index in [0.29, 0.717) is 6.54 Å². The smallest absolute Gasteiger partial charge is 0.389 e. The van der Waals surface area contributed by atoms with Crippen molar-refractivity contribution in [3.63, 3.8) is 0 Å². The highest BCUT2D eigenvalue weighted by atomic mass is 16.6. The van der Waals surface area contributed by atoms with Gasteiger partial charge in [-0.2, -0.15) is 4.68 Å². The van der Waals surface area contributed by atoms with Crippen molar-refractivity contribution < 1.29 is 14.8 Å². The number of rotatable bonds is 6. The highest BCUT2D eigenvalue weighted by Crippen LogP contribution is 2.05. The Hall–Kier alpha value is -1.96. The monoisotopic (exact) mass is 242 g/mol. The van der Waals surface area contributed by atoms with Crippen molar-refractivity contribution in [2.75, 3.05) is 19.7 Å². The molecule has 0 radical (unpaired) electrons. The van der Waals surface area contributed by atoms with E-state index >= 15 is 0 Å². The molecule has 0 aliphatic rings. The standard InChI is InChI=1S/C9H14N4O4/c1-2-11(5-6-14)9(15)7-12-4-3-8(10-12)13(16)17/h3-4,14H,2,5-7H2,1H3. The van der Waals surface area contributed by atoms with Crippen molar-refractivity contribution in [2.45, 2.75) is 13.5 Å². The average molecular weight is 242 g/mol. The Labute approximate surface area is 97.6 Å². The van der Waals surface area contributed by atoms with Crippen LogP contribution < -0.4 is 0 Å². The lowest BCUT2D eigenvalue weighted by atomic mass is 10.4. The van der Waals surface area contributed by atoms with Gasteiger partial charge in [0.05, 0.1) is 24.0 Å². The van der Waals surface area contributed by atoms with E-state index in [9.17, 15) is 14.9 Å². The molecular weight excluding hydrogens is 228 g/mol. The summed E-state index contributed by atoms with van der Waals surface area (Å²) in [6.07, 6.45) is 1.38. The number of carbonyl (C=O) groups excluding carboxylic acids is 1. The molecule has 0 unspecified atom stereocenters. The lowest BCUT2D eigenvalue weighted by Gasteiger charge is -2.18. The molecule has 0 saturated carbocycles. The lowest BCUT2D eigenvalue weighted by Crippen LogP contribution is -2.35. The summed E-state index contributed by atoms with van der Waals surface area (Å²) in [6.45, 7) is 2.33. The Morgan fingerprint density at radius 1 is 1.71 bits per heavy atom. The maximum atomic E-state index is 11.7. The summed E-state index contributed by atoms with van der Waals surface area (Å²) >= 11 is 0. The summed E-state index contributed by atoms with van der Waals surface area (Å²) in [4.78, 5) is 22.9. The van der Waals surface area contributed by atoms with E-state index in [2.05, 4.69) is 5.10 Å². The molecule has 0 saturated heterocycles. The number of amides is 1. The van der Waals surface area contributed by atoms with Gasteiger partial charge >= 0.3 is 5.82 Å². The fraction of sp³-hybridized carbons (Fsp3) is 0.556. The van der Waals surface area contributed by atoms with Gasteiger partial charge in [0.25, 0.3) is 0 Å². The van der Waals surface area contributed by atoms with E-state index in [-0.39, 0.29) is 31.4 Å². The third kappa shape index (κ3) is 3.52. The van der Waals surface area contributed by atoms with Gasteiger partial charge in [-0.05, 0) is 11.8 Å². The third-order valence-corrected chi connectivity index (χ3v) is 2.22. The molecule has 94 valence electrons. The SMILES string of the molecule is CCN(CCO)C(=O)Cn1ccc([N+](=O)[O-])n1. The average Bonchev–Trinajstić information content (AvgIpc) is 2.74. The van der Waals surface area contributed by atoms with Crippen molar-refractivity contribution in [3.8, 4) is 0 Å². The van der Waals surface area contributed by atoms with Crippen LogP contribution >= 0.6 is 0 Å². The zero-order valence-corrected chi connectivity index (χ0v) is 9.44. The van der Waals surface area contributed by atoms with Gasteiger partial charge in [-0.15, -0.1) is 0 Å². The fourth-order valence-corrected chi connectivity index (χ4v) is 1.35. The number of carbonyl (C=O) groups is 1. The summed E-state index contributed by atoms with van der Waals surface area (Å²) < 4.78 is 1.21. The van der Waals surface area contributed by atoms with Crippen LogP contribution in [-0.2, 0) is 11.3 Å². The van der Waals surface area contributed by atoms with Gasteiger partial charge < -0.3 is 20.1 Å². The van der Waals surface area contributed by atoms with Gasteiger partial charge in [0.1, 0.15) is 6.54 Å². The van der Waals surface area contributed by atoms with Crippen molar-refractivity contribution in [1.82, 2.24) is 14.7 Å². The normalized spacial score (nSPS) is 10.2. The second-order valence-electron chi connectivity index (χ2n) is 3.33. The third-order valence-electron chi connectivity index (χ3n) is 2.22. The predicted octanol–water partition coefficient (Wildman–Crippen LogP) is -0.368. The summed E-state index contributed by atoms with van der Waals surface area (Å²) in [6, 6.07) is 1.23. The molecule has 1 heterocycles. The molecule has 8 heteroatoms. The van der Waals surface area contributed by atoms with Gasteiger partial charge in [0.2, 0.25) is 5.91 Å². The number of aliphatic hydroxyl groups excluding tert-OH is 1. The molecule has 0 aromatic carbocycles. The van der Waals surface area contributed by atoms with Crippen LogP contribution in [0.2, 0.25) is 0 Å². The first kappa shape index (κ1) is 13.1. The van der Waals surface area contributed by atoms with E-state index < -0.39 is 4.92 Å². The topological polar surface area (TPSA) is 102 Å². The number of likely N-dealkylation sites (N-methyl/N-ethyl adjacent to an activating group) is 1. The maximum absolute atomic E-state index is 11.7. The van der Waals surface area contributed by atoms with Crippen molar-refractivity contribution in [1.29, 1.82) is 0 Å². The number of nitro groups is 1. The Bertz CT molecular complexity index is 403. The van der Waals surface area contributed by atoms with Crippen LogP contribution in [0.15, 0.2) is 12.3 Å². The first-order valence-corrected chi connectivity index (χ1v) is 5.15. The number of hydrogen-bond donors (Lipinski definition) is 1. The van der Waals surface area contributed by atoms with E-state index in [1.54, 1.807) is 6.92 Å². The quantitative estimate of drug-likeness (QED) is 0.541. The summed E-state index contributed by atoms with van der Waals surface area (Å²) in [5.41, 5.74) is 0. The van der Waals surface area contributed by atoms with Crippen LogP contribution in [0, 0.1) is 10.1 Å². The van der Waals surface area contributed by atoms with Crippen molar-refractivity contribution in [3.05, 3.63) is 22.4 Å². The van der Waals surface area contributed by atoms with Crippen LogP contribution in [0.5, 0.6) is 0 Å². The van der Waals surface area contributed by atoms with E-state index in [4.69, 9.17) is 5.11 Å². The zero-order valence-electron chi connectivity index (χ0n) is 9.44. The number of nitrogens with zero attached hydrogens (tertiary/aromatic N) is 4. The molecular formula is C9H14N4O4. The second kappa shape index (κ2) is 5.94. The van der Waals surface area contributed by atoms with Gasteiger partial charge in [0.15, 0.2) is 0 Å². The summed E-state index contributed by atoms with van der Waals surface area (Å²) in [7, 11) is 0. The largest absolute Gasteiger partial charge is 0.395 e. The second-order valence-corrected chi connectivity index (χ2v) is 3.33. The lowest BCUT2D eigenvalue weighted by molar-refractivity contribution is -0.389. The van der Waals surface area contributed by atoms with Gasteiger partial charge in [-0.1, -0.05) is 0 Å². The molecule has 1 amide bonds. The molecule has 0 spiro atoms.